The summed E-state index contributed by atoms with van der Waals surface area (Å²) in [6.45, 7) is 0. The lowest BCUT2D eigenvalue weighted by Gasteiger charge is -2.08. The molecule has 0 bridgehead atoms. The molecule has 0 aliphatic heterocycles. The van der Waals surface area contributed by atoms with Gasteiger partial charge in [-0.1, -0.05) is 84.9 Å². The smallest absolute Gasteiger partial charge is 0.0433 e. The van der Waals surface area contributed by atoms with Crippen LogP contribution in [0.25, 0.3) is 52.8 Å². The maximum Gasteiger partial charge on any atom is 0.0433 e. The summed E-state index contributed by atoms with van der Waals surface area (Å²) < 4.78 is 2.73. The quantitative estimate of drug-likeness (QED) is 0.260. The van der Waals surface area contributed by atoms with E-state index in [1.165, 1.54) is 52.8 Å². The van der Waals surface area contributed by atoms with E-state index in [2.05, 4.69) is 97.1 Å². The largest absolute Gasteiger partial charge is 0.135 e. The number of hydrogen-bond acceptors (Lipinski definition) is 1. The van der Waals surface area contributed by atoms with Gasteiger partial charge < -0.3 is 0 Å². The first kappa shape index (κ1) is 15.0. The van der Waals surface area contributed by atoms with Crippen LogP contribution in [-0.2, 0) is 0 Å². The minimum atomic E-state index is 1.29. The molecule has 0 fully saturated rings. The number of fused-ring (bicyclic) bond motifs is 6. The van der Waals surface area contributed by atoms with E-state index < -0.39 is 0 Å². The SMILES string of the molecule is c1ccc2c(c1)ccc1ccc(-c3cccc4c3sc3ccccc34)cc12. The van der Waals surface area contributed by atoms with Crippen molar-refractivity contribution >= 4 is 53.1 Å². The standard InChI is InChI=1S/C26H16S/c1-2-7-20-17(6-1)12-13-18-14-15-19(16-24(18)20)21-9-5-10-23-22-8-3-4-11-25(22)27-26(21)23/h1-16H. The van der Waals surface area contributed by atoms with Crippen molar-refractivity contribution in [2.45, 2.75) is 0 Å². The van der Waals surface area contributed by atoms with Crippen molar-refractivity contribution in [3.8, 4) is 11.1 Å². The lowest BCUT2D eigenvalue weighted by molar-refractivity contribution is 1.72. The first-order valence-corrected chi connectivity index (χ1v) is 10.0. The fourth-order valence-corrected chi connectivity index (χ4v) is 5.38. The monoisotopic (exact) mass is 360 g/mol. The normalized spacial score (nSPS) is 11.7. The van der Waals surface area contributed by atoms with E-state index in [1.807, 2.05) is 11.3 Å². The summed E-state index contributed by atoms with van der Waals surface area (Å²) in [5.74, 6) is 0. The van der Waals surface area contributed by atoms with Crippen LogP contribution in [0.2, 0.25) is 0 Å². The van der Waals surface area contributed by atoms with E-state index >= 15 is 0 Å². The maximum absolute atomic E-state index is 2.36. The molecule has 0 aliphatic carbocycles. The average Bonchev–Trinajstić information content (AvgIpc) is 3.12. The van der Waals surface area contributed by atoms with Crippen molar-refractivity contribution in [2.24, 2.45) is 0 Å². The van der Waals surface area contributed by atoms with Crippen LogP contribution >= 0.6 is 11.3 Å². The molecule has 1 heteroatoms. The molecule has 0 radical (unpaired) electrons. The van der Waals surface area contributed by atoms with Gasteiger partial charge in [-0.25, -0.2) is 0 Å². The Morgan fingerprint density at radius 3 is 2.11 bits per heavy atom. The van der Waals surface area contributed by atoms with E-state index in [1.54, 1.807) is 0 Å². The fraction of sp³-hybridized carbons (Fsp3) is 0. The van der Waals surface area contributed by atoms with Gasteiger partial charge in [0.25, 0.3) is 0 Å². The Kier molecular flexibility index (Phi) is 3.14. The Morgan fingerprint density at radius 2 is 1.19 bits per heavy atom. The zero-order valence-electron chi connectivity index (χ0n) is 14.6. The maximum atomic E-state index is 2.36. The van der Waals surface area contributed by atoms with Crippen LogP contribution in [0.15, 0.2) is 97.1 Å². The molecule has 0 nitrogen and oxygen atoms in total. The Labute approximate surface area is 161 Å². The van der Waals surface area contributed by atoms with Crippen molar-refractivity contribution in [2.75, 3.05) is 0 Å². The summed E-state index contributed by atoms with van der Waals surface area (Å²) in [6, 6.07) is 35.3. The van der Waals surface area contributed by atoms with Crippen molar-refractivity contribution in [3.63, 3.8) is 0 Å². The van der Waals surface area contributed by atoms with Crippen molar-refractivity contribution in [3.05, 3.63) is 97.1 Å². The van der Waals surface area contributed by atoms with Crippen LogP contribution in [0.5, 0.6) is 0 Å². The highest BCUT2D eigenvalue weighted by Gasteiger charge is 2.11. The number of rotatable bonds is 1. The topological polar surface area (TPSA) is 0 Å². The third kappa shape index (κ3) is 2.22. The Morgan fingerprint density at radius 1 is 0.481 bits per heavy atom. The van der Waals surface area contributed by atoms with Crippen LogP contribution < -0.4 is 0 Å². The van der Waals surface area contributed by atoms with Crippen LogP contribution in [0.4, 0.5) is 0 Å². The second-order valence-electron chi connectivity index (χ2n) is 7.00. The van der Waals surface area contributed by atoms with Crippen LogP contribution in [0, 0.1) is 0 Å². The number of benzene rings is 5. The first-order chi connectivity index (χ1) is 13.4. The highest BCUT2D eigenvalue weighted by molar-refractivity contribution is 7.26. The molecule has 0 saturated carbocycles. The van der Waals surface area contributed by atoms with Crippen LogP contribution in [0.3, 0.4) is 0 Å². The van der Waals surface area contributed by atoms with Crippen molar-refractivity contribution in [1.82, 2.24) is 0 Å². The summed E-state index contributed by atoms with van der Waals surface area (Å²) in [4.78, 5) is 0. The van der Waals surface area contributed by atoms with Gasteiger partial charge in [0.15, 0.2) is 0 Å². The first-order valence-electron chi connectivity index (χ1n) is 9.21. The van der Waals surface area contributed by atoms with Gasteiger partial charge in [-0.15, -0.1) is 11.3 Å². The molecule has 6 rings (SSSR count). The Balaban J connectivity index is 1.69. The van der Waals surface area contributed by atoms with E-state index in [9.17, 15) is 0 Å². The summed E-state index contributed by atoms with van der Waals surface area (Å²) in [7, 11) is 0. The van der Waals surface area contributed by atoms with Gasteiger partial charge in [0.2, 0.25) is 0 Å². The lowest BCUT2D eigenvalue weighted by atomic mass is 9.96. The summed E-state index contributed by atoms with van der Waals surface area (Å²) >= 11 is 1.89. The third-order valence-electron chi connectivity index (χ3n) is 5.46. The molecule has 1 heterocycles. The van der Waals surface area contributed by atoms with Gasteiger partial charge >= 0.3 is 0 Å². The number of hydrogen-bond donors (Lipinski definition) is 0. The zero-order chi connectivity index (χ0) is 17.8. The molecule has 1 aromatic heterocycles. The van der Waals surface area contributed by atoms with Gasteiger partial charge in [0.05, 0.1) is 0 Å². The zero-order valence-corrected chi connectivity index (χ0v) is 15.5. The van der Waals surface area contributed by atoms with Gasteiger partial charge in [0, 0.05) is 20.2 Å². The molecule has 5 aromatic carbocycles. The van der Waals surface area contributed by atoms with Crippen LogP contribution in [0.1, 0.15) is 0 Å². The second-order valence-corrected chi connectivity index (χ2v) is 8.06. The van der Waals surface area contributed by atoms with Gasteiger partial charge in [-0.2, -0.15) is 0 Å². The van der Waals surface area contributed by atoms with Crippen molar-refractivity contribution in [1.29, 1.82) is 0 Å². The lowest BCUT2D eigenvalue weighted by Crippen LogP contribution is -1.82. The molecule has 0 aliphatic rings. The molecule has 6 aromatic rings. The molecule has 0 atom stereocenters. The molecule has 0 N–H and O–H groups in total. The molecule has 0 unspecified atom stereocenters. The van der Waals surface area contributed by atoms with E-state index in [0.717, 1.165) is 0 Å². The summed E-state index contributed by atoms with van der Waals surface area (Å²) in [5.41, 5.74) is 2.61. The van der Waals surface area contributed by atoms with E-state index in [-0.39, 0.29) is 0 Å². The summed E-state index contributed by atoms with van der Waals surface area (Å²) in [6.07, 6.45) is 0. The molecule has 0 amide bonds. The van der Waals surface area contributed by atoms with Crippen LogP contribution in [-0.4, -0.2) is 0 Å². The molecule has 0 spiro atoms. The van der Waals surface area contributed by atoms with E-state index in [0.29, 0.717) is 0 Å². The summed E-state index contributed by atoms with van der Waals surface area (Å²) in [5, 5.41) is 7.93. The second kappa shape index (κ2) is 5.67. The minimum absolute atomic E-state index is 1.29. The third-order valence-corrected chi connectivity index (χ3v) is 6.68. The molecule has 0 saturated heterocycles. The van der Waals surface area contributed by atoms with E-state index in [4.69, 9.17) is 0 Å². The average molecular weight is 360 g/mol. The highest BCUT2D eigenvalue weighted by atomic mass is 32.1. The van der Waals surface area contributed by atoms with Crippen molar-refractivity contribution < 1.29 is 0 Å². The Bertz CT molecular complexity index is 1470. The van der Waals surface area contributed by atoms with Gasteiger partial charge in [-0.3, -0.25) is 0 Å². The molecule has 126 valence electrons. The highest BCUT2D eigenvalue weighted by Crippen LogP contribution is 2.40. The van der Waals surface area contributed by atoms with Gasteiger partial charge in [0.1, 0.15) is 0 Å². The van der Waals surface area contributed by atoms with Gasteiger partial charge in [-0.05, 0) is 44.8 Å². The minimum Gasteiger partial charge on any atom is -0.135 e. The predicted octanol–water partition coefficient (Wildman–Crippen LogP) is 8.03. The molecular weight excluding hydrogens is 344 g/mol. The Hall–Kier alpha value is -3.16. The number of thiophene rings is 1. The predicted molar refractivity (Wildman–Crippen MR) is 120 cm³/mol. The molecular formula is C26H16S. The molecule has 27 heavy (non-hydrogen) atoms. The fourth-order valence-electron chi connectivity index (χ4n) is 4.14.